The number of hydrogen-bond acceptors (Lipinski definition) is 2. The number of carbonyl (C=O) groups excluding carboxylic acids is 2. The van der Waals surface area contributed by atoms with Gasteiger partial charge < -0.3 is 10.6 Å². The third-order valence-corrected chi connectivity index (χ3v) is 3.32. The van der Waals surface area contributed by atoms with Gasteiger partial charge in [0.1, 0.15) is 0 Å². The number of halogens is 1. The van der Waals surface area contributed by atoms with Crippen LogP contribution in [-0.4, -0.2) is 18.4 Å². The van der Waals surface area contributed by atoms with Gasteiger partial charge in [0.2, 0.25) is 11.8 Å². The van der Waals surface area contributed by atoms with E-state index in [1.165, 1.54) is 0 Å². The molecule has 0 radical (unpaired) electrons. The molecule has 1 aromatic carbocycles. The predicted octanol–water partition coefficient (Wildman–Crippen LogP) is 2.11. The molecule has 18 heavy (non-hydrogen) atoms. The van der Waals surface area contributed by atoms with Crippen LogP contribution < -0.4 is 10.6 Å². The van der Waals surface area contributed by atoms with Crippen LogP contribution in [0.15, 0.2) is 18.2 Å². The van der Waals surface area contributed by atoms with Crippen molar-refractivity contribution in [1.29, 1.82) is 0 Å². The molecule has 0 aromatic heterocycles. The molecule has 0 aliphatic heterocycles. The fourth-order valence-corrected chi connectivity index (χ4v) is 1.77. The van der Waals surface area contributed by atoms with E-state index in [1.807, 2.05) is 6.92 Å². The van der Waals surface area contributed by atoms with Crippen molar-refractivity contribution < 1.29 is 9.59 Å². The lowest BCUT2D eigenvalue weighted by Gasteiger charge is -2.10. The maximum Gasteiger partial charge on any atom is 0.243 e. The first-order valence-electron chi connectivity index (χ1n) is 5.90. The highest BCUT2D eigenvalue weighted by atomic mass is 35.5. The molecule has 0 atom stereocenters. The van der Waals surface area contributed by atoms with Crippen molar-refractivity contribution in [1.82, 2.24) is 5.32 Å². The third kappa shape index (κ3) is 3.23. The Morgan fingerprint density at radius 3 is 2.78 bits per heavy atom. The van der Waals surface area contributed by atoms with Gasteiger partial charge in [-0.25, -0.2) is 0 Å². The van der Waals surface area contributed by atoms with E-state index < -0.39 is 0 Å². The molecule has 1 aromatic rings. The van der Waals surface area contributed by atoms with E-state index in [1.54, 1.807) is 18.2 Å². The number of amides is 2. The molecule has 2 amide bonds. The average Bonchev–Trinajstić information content (AvgIpc) is 3.16. The van der Waals surface area contributed by atoms with Gasteiger partial charge in [-0.15, -0.1) is 0 Å². The molecule has 0 spiro atoms. The lowest BCUT2D eigenvalue weighted by Crippen LogP contribution is -2.33. The fraction of sp³-hybridized carbons (Fsp3) is 0.385. The highest BCUT2D eigenvalue weighted by Gasteiger charge is 2.29. The smallest absolute Gasteiger partial charge is 0.243 e. The Morgan fingerprint density at radius 2 is 2.11 bits per heavy atom. The normalized spacial score (nSPS) is 14.1. The van der Waals surface area contributed by atoms with Crippen molar-refractivity contribution in [2.24, 2.45) is 5.92 Å². The van der Waals surface area contributed by atoms with Crippen molar-refractivity contribution in [2.45, 2.75) is 19.8 Å². The maximum atomic E-state index is 11.7. The molecule has 2 N–H and O–H groups in total. The Balaban J connectivity index is 1.86. The molecule has 0 unspecified atom stereocenters. The Labute approximate surface area is 111 Å². The first-order chi connectivity index (χ1) is 8.58. The quantitative estimate of drug-likeness (QED) is 0.877. The maximum absolute atomic E-state index is 11.7. The summed E-state index contributed by atoms with van der Waals surface area (Å²) in [6, 6.07) is 5.32. The predicted molar refractivity (Wildman–Crippen MR) is 70.6 cm³/mol. The average molecular weight is 267 g/mol. The van der Waals surface area contributed by atoms with Crippen molar-refractivity contribution in [3.63, 3.8) is 0 Å². The second-order valence-corrected chi connectivity index (χ2v) is 4.86. The SMILES string of the molecule is Cc1c(Cl)cccc1NC(=O)CNC(=O)C1CC1. The topological polar surface area (TPSA) is 58.2 Å². The first kappa shape index (κ1) is 12.9. The summed E-state index contributed by atoms with van der Waals surface area (Å²) in [6.45, 7) is 1.84. The first-order valence-corrected chi connectivity index (χ1v) is 6.28. The van der Waals surface area contributed by atoms with E-state index in [0.717, 1.165) is 18.4 Å². The van der Waals surface area contributed by atoms with Crippen molar-refractivity contribution in [2.75, 3.05) is 11.9 Å². The monoisotopic (exact) mass is 266 g/mol. The van der Waals surface area contributed by atoms with E-state index >= 15 is 0 Å². The molecule has 2 rings (SSSR count). The van der Waals surface area contributed by atoms with E-state index in [4.69, 9.17) is 11.6 Å². The standard InChI is InChI=1S/C13H15ClN2O2/c1-8-10(14)3-2-4-11(8)16-12(17)7-15-13(18)9-5-6-9/h2-4,9H,5-7H2,1H3,(H,15,18)(H,16,17). The lowest BCUT2D eigenvalue weighted by atomic mass is 10.2. The van der Waals surface area contributed by atoms with Gasteiger partial charge in [-0.05, 0) is 37.5 Å². The van der Waals surface area contributed by atoms with Crippen molar-refractivity contribution in [3.05, 3.63) is 28.8 Å². The number of nitrogens with one attached hydrogen (secondary N) is 2. The van der Waals surface area contributed by atoms with Gasteiger partial charge >= 0.3 is 0 Å². The van der Waals surface area contributed by atoms with Crippen LogP contribution in [0.5, 0.6) is 0 Å². The summed E-state index contributed by atoms with van der Waals surface area (Å²) in [4.78, 5) is 23.0. The van der Waals surface area contributed by atoms with Gasteiger partial charge in [0.05, 0.1) is 6.54 Å². The second kappa shape index (κ2) is 5.40. The minimum atomic E-state index is -0.241. The van der Waals surface area contributed by atoms with Gasteiger partial charge in [0.15, 0.2) is 0 Å². The number of hydrogen-bond donors (Lipinski definition) is 2. The third-order valence-electron chi connectivity index (χ3n) is 2.91. The number of rotatable bonds is 4. The summed E-state index contributed by atoms with van der Waals surface area (Å²) in [5.41, 5.74) is 1.49. The molecular formula is C13H15ClN2O2. The highest BCUT2D eigenvalue weighted by molar-refractivity contribution is 6.31. The van der Waals surface area contributed by atoms with E-state index in [2.05, 4.69) is 10.6 Å². The Kier molecular flexibility index (Phi) is 3.87. The summed E-state index contributed by atoms with van der Waals surface area (Å²) in [6.07, 6.45) is 1.86. The molecule has 4 nitrogen and oxygen atoms in total. The molecule has 5 heteroatoms. The van der Waals surface area contributed by atoms with Gasteiger partial charge in [-0.1, -0.05) is 17.7 Å². The van der Waals surface area contributed by atoms with Crippen LogP contribution in [0, 0.1) is 12.8 Å². The zero-order chi connectivity index (χ0) is 13.1. The van der Waals surface area contributed by atoms with E-state index in [-0.39, 0.29) is 24.3 Å². The Morgan fingerprint density at radius 1 is 1.39 bits per heavy atom. The fourth-order valence-electron chi connectivity index (χ4n) is 1.59. The molecule has 0 bridgehead atoms. The molecule has 1 saturated carbocycles. The summed E-state index contributed by atoms with van der Waals surface area (Å²) >= 11 is 5.95. The molecule has 1 fully saturated rings. The molecular weight excluding hydrogens is 252 g/mol. The van der Waals surface area contributed by atoms with Crippen LogP contribution in [0.1, 0.15) is 18.4 Å². The van der Waals surface area contributed by atoms with Crippen LogP contribution in [0.2, 0.25) is 5.02 Å². The van der Waals surface area contributed by atoms with E-state index in [9.17, 15) is 9.59 Å². The van der Waals surface area contributed by atoms with Crippen LogP contribution in [-0.2, 0) is 9.59 Å². The summed E-state index contributed by atoms with van der Waals surface area (Å²) < 4.78 is 0. The second-order valence-electron chi connectivity index (χ2n) is 4.45. The summed E-state index contributed by atoms with van der Waals surface area (Å²) in [7, 11) is 0. The molecule has 96 valence electrons. The summed E-state index contributed by atoms with van der Waals surface area (Å²) in [5.74, 6) is -0.159. The highest BCUT2D eigenvalue weighted by Crippen LogP contribution is 2.28. The summed E-state index contributed by atoms with van der Waals surface area (Å²) in [5, 5.41) is 5.95. The minimum Gasteiger partial charge on any atom is -0.347 e. The van der Waals surface area contributed by atoms with Crippen LogP contribution in [0.4, 0.5) is 5.69 Å². The van der Waals surface area contributed by atoms with Crippen LogP contribution in [0.3, 0.4) is 0 Å². The van der Waals surface area contributed by atoms with Gasteiger partial charge in [-0.2, -0.15) is 0 Å². The lowest BCUT2D eigenvalue weighted by molar-refractivity contribution is -0.125. The largest absolute Gasteiger partial charge is 0.347 e. The molecule has 0 heterocycles. The number of anilines is 1. The minimum absolute atomic E-state index is 0.00128. The van der Waals surface area contributed by atoms with Crippen LogP contribution in [0.25, 0.3) is 0 Å². The van der Waals surface area contributed by atoms with Gasteiger partial charge in [0.25, 0.3) is 0 Å². The van der Waals surface area contributed by atoms with E-state index in [0.29, 0.717) is 10.7 Å². The Hall–Kier alpha value is -1.55. The van der Waals surface area contributed by atoms with Crippen molar-refractivity contribution in [3.8, 4) is 0 Å². The van der Waals surface area contributed by atoms with Crippen molar-refractivity contribution >= 4 is 29.1 Å². The zero-order valence-corrected chi connectivity index (χ0v) is 10.9. The molecule has 0 saturated heterocycles. The van der Waals surface area contributed by atoms with Crippen LogP contribution >= 0.6 is 11.6 Å². The zero-order valence-electron chi connectivity index (χ0n) is 10.1. The number of benzene rings is 1. The van der Waals surface area contributed by atoms with Gasteiger partial charge in [-0.3, -0.25) is 9.59 Å². The van der Waals surface area contributed by atoms with Gasteiger partial charge in [0, 0.05) is 16.6 Å². The molecule has 1 aliphatic rings. The number of carbonyl (C=O) groups is 2. The molecule has 1 aliphatic carbocycles. The Bertz CT molecular complexity index is 484.